The van der Waals surface area contributed by atoms with Gasteiger partial charge in [0.25, 0.3) is 0 Å². The number of benzene rings is 1. The average Bonchev–Trinajstić information content (AvgIpc) is 3.46. The van der Waals surface area contributed by atoms with Crippen LogP contribution in [0.25, 0.3) is 22.3 Å². The number of unbranched alkanes of at least 4 members (excludes halogenated alkanes) is 1. The number of ether oxygens (including phenoxy) is 1. The Hall–Kier alpha value is -2.96. The van der Waals surface area contributed by atoms with Crippen molar-refractivity contribution in [2.75, 3.05) is 6.54 Å². The van der Waals surface area contributed by atoms with Crippen LogP contribution < -0.4 is 5.32 Å². The molecular weight excluding hydrogens is 378 g/mol. The van der Waals surface area contributed by atoms with E-state index in [-0.39, 0.29) is 6.09 Å². The monoisotopic (exact) mass is 407 g/mol. The number of fused-ring (bicyclic) bond motifs is 1. The van der Waals surface area contributed by atoms with Gasteiger partial charge in [-0.05, 0) is 58.6 Å². The van der Waals surface area contributed by atoms with Crippen LogP contribution in [0.4, 0.5) is 4.79 Å². The Kier molecular flexibility index (Phi) is 5.70. The molecule has 0 aliphatic heterocycles. The molecule has 2 heterocycles. The summed E-state index contributed by atoms with van der Waals surface area (Å²) in [7, 11) is 0. The summed E-state index contributed by atoms with van der Waals surface area (Å²) in [6.07, 6.45) is 7.73. The summed E-state index contributed by atoms with van der Waals surface area (Å²) < 4.78 is 7.26. The third kappa shape index (κ3) is 5.14. The van der Waals surface area contributed by atoms with E-state index in [1.165, 1.54) is 12.8 Å². The maximum Gasteiger partial charge on any atom is 0.407 e. The highest BCUT2D eigenvalue weighted by Crippen LogP contribution is 2.43. The van der Waals surface area contributed by atoms with E-state index in [2.05, 4.69) is 16.5 Å². The number of carbonyl (C=O) groups excluding carboxylic acids is 1. The summed E-state index contributed by atoms with van der Waals surface area (Å²) in [6.45, 7) is 6.98. The van der Waals surface area contributed by atoms with E-state index in [0.717, 1.165) is 47.4 Å². The van der Waals surface area contributed by atoms with Crippen molar-refractivity contribution >= 4 is 17.1 Å². The summed E-state index contributed by atoms with van der Waals surface area (Å²) in [5.74, 6) is 0.531. The fourth-order valence-electron chi connectivity index (χ4n) is 3.40. The lowest BCUT2D eigenvalue weighted by Gasteiger charge is -2.19. The standard InChI is InChI=1S/C23H29N5O2/c1-23(2,3)30-22(29)24-12-6-7-13-28-15-17(21(27-28)16-10-11-16)20-14-25-18-8-4-5-9-19(18)26-20/h4-5,8-9,14-16H,6-7,10-13H2,1-3H3,(H,24,29). The van der Waals surface area contributed by atoms with E-state index in [1.807, 2.05) is 55.9 Å². The Balaban J connectivity index is 1.38. The molecule has 7 heteroatoms. The Labute approximate surface area is 176 Å². The van der Waals surface area contributed by atoms with Crippen molar-refractivity contribution in [2.24, 2.45) is 0 Å². The van der Waals surface area contributed by atoms with Gasteiger partial charge in [-0.25, -0.2) is 9.78 Å². The molecule has 1 aromatic carbocycles. The van der Waals surface area contributed by atoms with Crippen molar-refractivity contribution in [1.82, 2.24) is 25.1 Å². The number of nitrogens with one attached hydrogen (secondary N) is 1. The number of nitrogens with zero attached hydrogens (tertiary/aromatic N) is 4. The number of carbonyl (C=O) groups is 1. The lowest BCUT2D eigenvalue weighted by atomic mass is 10.1. The molecule has 1 fully saturated rings. The number of hydrogen-bond donors (Lipinski definition) is 1. The molecule has 1 aliphatic carbocycles. The molecule has 0 radical (unpaired) electrons. The summed E-state index contributed by atoms with van der Waals surface area (Å²) >= 11 is 0. The van der Waals surface area contributed by atoms with Gasteiger partial charge < -0.3 is 10.1 Å². The maximum absolute atomic E-state index is 11.7. The lowest BCUT2D eigenvalue weighted by molar-refractivity contribution is 0.0527. The molecular formula is C23H29N5O2. The minimum atomic E-state index is -0.472. The number of rotatable bonds is 7. The molecule has 7 nitrogen and oxygen atoms in total. The molecule has 1 N–H and O–H groups in total. The van der Waals surface area contributed by atoms with Crippen molar-refractivity contribution in [3.05, 3.63) is 42.4 Å². The molecule has 0 bridgehead atoms. The fourth-order valence-corrected chi connectivity index (χ4v) is 3.40. The lowest BCUT2D eigenvalue weighted by Crippen LogP contribution is -2.33. The van der Waals surface area contributed by atoms with Gasteiger partial charge in [0.05, 0.1) is 28.6 Å². The molecule has 1 aliphatic rings. The Morgan fingerprint density at radius 3 is 2.70 bits per heavy atom. The van der Waals surface area contributed by atoms with E-state index >= 15 is 0 Å². The van der Waals surface area contributed by atoms with E-state index in [4.69, 9.17) is 14.8 Å². The zero-order chi connectivity index (χ0) is 21.1. The predicted octanol–water partition coefficient (Wildman–Crippen LogP) is 4.68. The summed E-state index contributed by atoms with van der Waals surface area (Å²) in [6, 6.07) is 7.92. The number of alkyl carbamates (subject to hydrolysis) is 1. The second kappa shape index (κ2) is 8.42. The van der Waals surface area contributed by atoms with Gasteiger partial charge in [0.15, 0.2) is 0 Å². The highest BCUT2D eigenvalue weighted by Gasteiger charge is 2.30. The first-order valence-electron chi connectivity index (χ1n) is 10.7. The van der Waals surface area contributed by atoms with Crippen LogP contribution in [0.15, 0.2) is 36.7 Å². The van der Waals surface area contributed by atoms with E-state index in [1.54, 1.807) is 0 Å². The van der Waals surface area contributed by atoms with Crippen molar-refractivity contribution in [2.45, 2.75) is 64.5 Å². The predicted molar refractivity (Wildman–Crippen MR) is 116 cm³/mol. The number of aryl methyl sites for hydroxylation is 1. The minimum Gasteiger partial charge on any atom is -0.444 e. The minimum absolute atomic E-state index is 0.366. The highest BCUT2D eigenvalue weighted by atomic mass is 16.6. The summed E-state index contributed by atoms with van der Waals surface area (Å²) in [4.78, 5) is 21.1. The molecule has 1 amide bonds. The van der Waals surface area contributed by atoms with Gasteiger partial charge in [-0.2, -0.15) is 5.10 Å². The number of para-hydroxylation sites is 2. The maximum atomic E-state index is 11.7. The van der Waals surface area contributed by atoms with Gasteiger partial charge in [-0.3, -0.25) is 9.67 Å². The van der Waals surface area contributed by atoms with E-state index in [0.29, 0.717) is 12.5 Å². The normalized spacial score (nSPS) is 14.1. The topological polar surface area (TPSA) is 81.9 Å². The van der Waals surface area contributed by atoms with Crippen LogP contribution in [0.3, 0.4) is 0 Å². The molecule has 1 saturated carbocycles. The Morgan fingerprint density at radius 2 is 1.97 bits per heavy atom. The third-order valence-electron chi connectivity index (χ3n) is 4.96. The second-order valence-corrected chi connectivity index (χ2v) is 8.85. The van der Waals surface area contributed by atoms with Gasteiger partial charge in [-0.1, -0.05) is 12.1 Å². The second-order valence-electron chi connectivity index (χ2n) is 8.85. The molecule has 4 rings (SSSR count). The molecule has 3 aromatic rings. The number of hydrogen-bond acceptors (Lipinski definition) is 5. The van der Waals surface area contributed by atoms with Gasteiger partial charge in [0.2, 0.25) is 0 Å². The van der Waals surface area contributed by atoms with Crippen LogP contribution in [0.1, 0.15) is 58.1 Å². The fraction of sp³-hybridized carbons (Fsp3) is 0.478. The molecule has 0 saturated heterocycles. The Morgan fingerprint density at radius 1 is 1.20 bits per heavy atom. The number of amides is 1. The average molecular weight is 408 g/mol. The zero-order valence-corrected chi connectivity index (χ0v) is 17.9. The number of aromatic nitrogens is 4. The van der Waals surface area contributed by atoms with Crippen LogP contribution in [-0.4, -0.2) is 38.0 Å². The van der Waals surface area contributed by atoms with Crippen molar-refractivity contribution in [3.63, 3.8) is 0 Å². The first kappa shape index (κ1) is 20.3. The van der Waals surface area contributed by atoms with Gasteiger partial charge in [-0.15, -0.1) is 0 Å². The molecule has 2 aromatic heterocycles. The largest absolute Gasteiger partial charge is 0.444 e. The highest BCUT2D eigenvalue weighted by molar-refractivity contribution is 5.77. The summed E-state index contributed by atoms with van der Waals surface area (Å²) in [5, 5.41) is 7.65. The molecule has 0 spiro atoms. The van der Waals surface area contributed by atoms with Crippen LogP contribution in [0.5, 0.6) is 0 Å². The molecule has 158 valence electrons. The smallest absolute Gasteiger partial charge is 0.407 e. The summed E-state index contributed by atoms with van der Waals surface area (Å²) in [5.41, 5.74) is 4.43. The van der Waals surface area contributed by atoms with Crippen LogP contribution in [0.2, 0.25) is 0 Å². The van der Waals surface area contributed by atoms with Gasteiger partial charge in [0.1, 0.15) is 5.60 Å². The molecule has 0 unspecified atom stereocenters. The van der Waals surface area contributed by atoms with E-state index in [9.17, 15) is 4.79 Å². The van der Waals surface area contributed by atoms with E-state index < -0.39 is 5.60 Å². The quantitative estimate of drug-likeness (QED) is 0.575. The van der Waals surface area contributed by atoms with Crippen LogP contribution in [0, 0.1) is 0 Å². The van der Waals surface area contributed by atoms with Crippen molar-refractivity contribution in [1.29, 1.82) is 0 Å². The molecule has 0 atom stereocenters. The van der Waals surface area contributed by atoms with Gasteiger partial charge >= 0.3 is 6.09 Å². The SMILES string of the molecule is CC(C)(C)OC(=O)NCCCCn1cc(-c2cnc3ccccc3n2)c(C2CC2)n1. The van der Waals surface area contributed by atoms with Crippen LogP contribution >= 0.6 is 0 Å². The first-order chi connectivity index (χ1) is 14.4. The van der Waals surface area contributed by atoms with Crippen molar-refractivity contribution < 1.29 is 9.53 Å². The first-order valence-corrected chi connectivity index (χ1v) is 10.7. The third-order valence-corrected chi connectivity index (χ3v) is 4.96. The van der Waals surface area contributed by atoms with Gasteiger partial charge in [0, 0.05) is 30.8 Å². The zero-order valence-electron chi connectivity index (χ0n) is 17.9. The van der Waals surface area contributed by atoms with Crippen molar-refractivity contribution in [3.8, 4) is 11.3 Å². The Bertz CT molecular complexity index is 1030. The van der Waals surface area contributed by atoms with Crippen LogP contribution in [-0.2, 0) is 11.3 Å². The molecule has 30 heavy (non-hydrogen) atoms.